The molecule has 0 radical (unpaired) electrons. The van der Waals surface area contributed by atoms with Crippen molar-refractivity contribution >= 4 is 16.7 Å². The van der Waals surface area contributed by atoms with Crippen molar-refractivity contribution in [1.29, 1.82) is 0 Å². The third-order valence-corrected chi connectivity index (χ3v) is 4.92. The number of halogens is 9. The molecule has 34 heavy (non-hydrogen) atoms. The first-order valence-electron chi connectivity index (χ1n) is 10.6. The molecule has 0 unspecified atom stereocenters. The van der Waals surface area contributed by atoms with Crippen LogP contribution < -0.4 is 0 Å². The Balaban J connectivity index is 0.000000411. The van der Waals surface area contributed by atoms with E-state index in [1.54, 1.807) is 0 Å². The van der Waals surface area contributed by atoms with Gasteiger partial charge in [-0.1, -0.05) is 69.7 Å². The average Bonchev–Trinajstić information content (AvgIpc) is 2.70. The molecular weight excluding hydrogens is 479 g/mol. The van der Waals surface area contributed by atoms with Crippen LogP contribution in [0.4, 0.5) is 39.5 Å². The Hall–Kier alpha value is -2.46. The molecule has 2 aromatic carbocycles. The number of aliphatic carboxylic acids is 1. The van der Waals surface area contributed by atoms with Gasteiger partial charge in [0.05, 0.1) is 16.7 Å². The quantitative estimate of drug-likeness (QED) is 0.288. The van der Waals surface area contributed by atoms with Gasteiger partial charge in [0.1, 0.15) is 0 Å². The van der Waals surface area contributed by atoms with Crippen LogP contribution in [-0.2, 0) is 23.3 Å². The van der Waals surface area contributed by atoms with E-state index in [9.17, 15) is 44.3 Å². The largest absolute Gasteiger partial charge is 0.481 e. The van der Waals surface area contributed by atoms with Crippen LogP contribution in [0.3, 0.4) is 0 Å². The molecule has 0 aromatic heterocycles. The van der Waals surface area contributed by atoms with Gasteiger partial charge in [0.25, 0.3) is 0 Å². The van der Waals surface area contributed by atoms with Crippen molar-refractivity contribution in [2.24, 2.45) is 0 Å². The monoisotopic (exact) mass is 504 g/mol. The zero-order valence-electron chi connectivity index (χ0n) is 18.3. The second-order valence-electron chi connectivity index (χ2n) is 7.65. The average molecular weight is 504 g/mol. The van der Waals surface area contributed by atoms with E-state index < -0.39 is 52.0 Å². The molecule has 11 heteroatoms. The van der Waals surface area contributed by atoms with Crippen LogP contribution in [0.5, 0.6) is 0 Å². The highest BCUT2D eigenvalue weighted by atomic mass is 19.4. The Morgan fingerprint density at radius 3 is 1.71 bits per heavy atom. The van der Waals surface area contributed by atoms with Gasteiger partial charge in [0.2, 0.25) is 0 Å². The fourth-order valence-electron chi connectivity index (χ4n) is 3.39. The zero-order valence-corrected chi connectivity index (χ0v) is 18.3. The van der Waals surface area contributed by atoms with E-state index >= 15 is 0 Å². The van der Waals surface area contributed by atoms with Gasteiger partial charge in [0, 0.05) is 6.42 Å². The molecule has 0 saturated carbocycles. The molecule has 0 fully saturated rings. The van der Waals surface area contributed by atoms with Crippen LogP contribution in [0, 0.1) is 0 Å². The van der Waals surface area contributed by atoms with Crippen molar-refractivity contribution in [1.82, 2.24) is 0 Å². The van der Waals surface area contributed by atoms with Gasteiger partial charge in [-0.05, 0) is 23.3 Å². The van der Waals surface area contributed by atoms with Crippen molar-refractivity contribution < 1.29 is 49.4 Å². The number of benzene rings is 2. The molecule has 0 aliphatic rings. The number of fused-ring (bicyclic) bond motifs is 1. The van der Waals surface area contributed by atoms with Crippen molar-refractivity contribution in [2.75, 3.05) is 0 Å². The summed E-state index contributed by atoms with van der Waals surface area (Å²) < 4.78 is 116. The summed E-state index contributed by atoms with van der Waals surface area (Å²) in [6, 6.07) is 3.82. The van der Waals surface area contributed by atoms with Crippen LogP contribution in [0.25, 0.3) is 10.8 Å². The van der Waals surface area contributed by atoms with E-state index in [2.05, 4.69) is 6.92 Å². The number of hydrogen-bond donors (Lipinski definition) is 1. The second-order valence-corrected chi connectivity index (χ2v) is 7.65. The van der Waals surface area contributed by atoms with Gasteiger partial charge < -0.3 is 5.11 Å². The molecule has 0 amide bonds. The fraction of sp³-hybridized carbons (Fsp3) is 0.522. The Morgan fingerprint density at radius 2 is 1.24 bits per heavy atom. The standard InChI is InChI=1S/C13H5F9.C10H20O2/c14-11(15,16)8-5-6-3-1-2-4-7(6)9(12(17,18)19)10(8)13(20,21)22;1-2-3-4-5-6-7-8-9-10(11)12/h1-5H;2-9H2,1H3,(H,11,12). The third-order valence-electron chi connectivity index (χ3n) is 4.92. The van der Waals surface area contributed by atoms with Crippen LogP contribution in [0.15, 0.2) is 30.3 Å². The van der Waals surface area contributed by atoms with E-state index in [1.165, 1.54) is 32.1 Å². The molecule has 0 heterocycles. The number of alkyl halides is 9. The lowest BCUT2D eigenvalue weighted by molar-refractivity contribution is -0.173. The highest BCUT2D eigenvalue weighted by molar-refractivity contribution is 5.88. The predicted octanol–water partition coefficient (Wildman–Crippen LogP) is 9.11. The minimum atomic E-state index is -5.81. The first kappa shape index (κ1) is 29.6. The van der Waals surface area contributed by atoms with Crippen LogP contribution in [0.2, 0.25) is 0 Å². The van der Waals surface area contributed by atoms with E-state index in [0.717, 1.165) is 31.0 Å². The fourth-order valence-corrected chi connectivity index (χ4v) is 3.39. The minimum absolute atomic E-state index is 0.0768. The highest BCUT2D eigenvalue weighted by Crippen LogP contribution is 2.49. The van der Waals surface area contributed by atoms with E-state index in [0.29, 0.717) is 12.5 Å². The number of carbonyl (C=O) groups is 1. The molecule has 0 saturated heterocycles. The maximum atomic E-state index is 13.0. The lowest BCUT2D eigenvalue weighted by atomic mass is 9.92. The summed E-state index contributed by atoms with van der Waals surface area (Å²) in [6.45, 7) is 2.20. The normalized spacial score (nSPS) is 12.4. The predicted molar refractivity (Wildman–Crippen MR) is 109 cm³/mol. The molecule has 0 atom stereocenters. The number of carboxylic acids is 1. The maximum absolute atomic E-state index is 13.0. The third kappa shape index (κ3) is 9.06. The number of carboxylic acid groups (broad SMARTS) is 1. The van der Waals surface area contributed by atoms with E-state index in [4.69, 9.17) is 5.11 Å². The van der Waals surface area contributed by atoms with Crippen molar-refractivity contribution in [3.05, 3.63) is 47.0 Å². The molecule has 1 N–H and O–H groups in total. The van der Waals surface area contributed by atoms with E-state index in [-0.39, 0.29) is 6.07 Å². The van der Waals surface area contributed by atoms with Crippen molar-refractivity contribution in [3.8, 4) is 0 Å². The first-order chi connectivity index (χ1) is 15.6. The van der Waals surface area contributed by atoms with Gasteiger partial charge >= 0.3 is 24.5 Å². The minimum Gasteiger partial charge on any atom is -0.481 e. The summed E-state index contributed by atoms with van der Waals surface area (Å²) in [5.41, 5.74) is -7.40. The molecule has 192 valence electrons. The van der Waals surface area contributed by atoms with Crippen molar-refractivity contribution in [2.45, 2.75) is 76.8 Å². The summed E-state index contributed by atoms with van der Waals surface area (Å²) in [4.78, 5) is 10.1. The molecular formula is C23H25F9O2. The van der Waals surface area contributed by atoms with Gasteiger partial charge in [-0.15, -0.1) is 0 Å². The lowest BCUT2D eigenvalue weighted by Crippen LogP contribution is -2.23. The zero-order chi connectivity index (χ0) is 26.2. The highest BCUT2D eigenvalue weighted by Gasteiger charge is 2.51. The van der Waals surface area contributed by atoms with Crippen LogP contribution in [-0.4, -0.2) is 11.1 Å². The maximum Gasteiger partial charge on any atom is 0.417 e. The SMILES string of the molecule is CCCCCCCCCC(=O)O.FC(F)(F)c1cc2ccccc2c(C(F)(F)F)c1C(F)(F)F. The van der Waals surface area contributed by atoms with Gasteiger partial charge in [-0.25, -0.2) is 0 Å². The van der Waals surface area contributed by atoms with Gasteiger partial charge in [-0.3, -0.25) is 4.79 Å². The Bertz CT molecular complexity index is 929. The summed E-state index contributed by atoms with van der Waals surface area (Å²) in [5.74, 6) is -0.663. The van der Waals surface area contributed by atoms with Crippen molar-refractivity contribution in [3.63, 3.8) is 0 Å². The molecule has 2 aromatic rings. The lowest BCUT2D eigenvalue weighted by Gasteiger charge is -2.22. The molecule has 0 aliphatic carbocycles. The summed E-state index contributed by atoms with van der Waals surface area (Å²) in [7, 11) is 0. The Kier molecular flexibility index (Phi) is 10.7. The van der Waals surface area contributed by atoms with Gasteiger partial charge in [-0.2, -0.15) is 39.5 Å². The smallest absolute Gasteiger partial charge is 0.417 e. The molecule has 0 spiro atoms. The van der Waals surface area contributed by atoms with Crippen LogP contribution in [0.1, 0.15) is 75.0 Å². The molecule has 2 rings (SSSR count). The summed E-state index contributed by atoms with van der Waals surface area (Å²) >= 11 is 0. The molecule has 2 nitrogen and oxygen atoms in total. The summed E-state index contributed by atoms with van der Waals surface area (Å²) in [5, 5.41) is 6.85. The number of unbranched alkanes of at least 4 members (excludes halogenated alkanes) is 6. The molecule has 0 bridgehead atoms. The number of rotatable bonds is 8. The first-order valence-corrected chi connectivity index (χ1v) is 10.6. The summed E-state index contributed by atoms with van der Waals surface area (Å²) in [6.07, 6.45) is -8.33. The Labute approximate surface area is 190 Å². The van der Waals surface area contributed by atoms with E-state index in [1.807, 2.05) is 0 Å². The second kappa shape index (κ2) is 12.3. The molecule has 0 aliphatic heterocycles. The van der Waals surface area contributed by atoms with Crippen LogP contribution >= 0.6 is 0 Å². The Morgan fingerprint density at radius 1 is 0.735 bits per heavy atom. The topological polar surface area (TPSA) is 37.3 Å². The number of hydrogen-bond acceptors (Lipinski definition) is 1. The van der Waals surface area contributed by atoms with Gasteiger partial charge in [0.15, 0.2) is 0 Å².